The first kappa shape index (κ1) is 13.6. The predicted molar refractivity (Wildman–Crippen MR) is 81.3 cm³/mol. The van der Waals surface area contributed by atoms with Crippen molar-refractivity contribution in [2.45, 2.75) is 12.5 Å². The summed E-state index contributed by atoms with van der Waals surface area (Å²) in [5, 5.41) is 6.16. The molecule has 2 N–H and O–H groups in total. The molecule has 1 atom stereocenters. The summed E-state index contributed by atoms with van der Waals surface area (Å²) in [6, 6.07) is 14.0. The molecule has 4 nitrogen and oxygen atoms in total. The molecule has 0 aliphatic carbocycles. The standard InChI is InChI=1S/C16H13ClN2O2/c17-10-4-3-5-11(8-10)18-15(20)9-14-12-6-1-2-7-13(12)16(21)19-14/h1-8,14H,9H2,(H,18,20)(H,19,21)/t14-/m0/s1. The molecule has 106 valence electrons. The summed E-state index contributed by atoms with van der Waals surface area (Å²) >= 11 is 5.88. The van der Waals surface area contributed by atoms with Crippen LogP contribution in [0.15, 0.2) is 48.5 Å². The molecule has 0 bridgehead atoms. The average Bonchev–Trinajstić information content (AvgIpc) is 2.76. The first-order chi connectivity index (χ1) is 10.1. The van der Waals surface area contributed by atoms with Crippen LogP contribution in [0.4, 0.5) is 5.69 Å². The molecule has 0 spiro atoms. The van der Waals surface area contributed by atoms with Gasteiger partial charge in [0.2, 0.25) is 5.91 Å². The second-order valence-corrected chi connectivity index (χ2v) is 5.31. The number of hydrogen-bond donors (Lipinski definition) is 2. The van der Waals surface area contributed by atoms with Crippen LogP contribution >= 0.6 is 11.6 Å². The number of carbonyl (C=O) groups is 2. The number of nitrogens with one attached hydrogen (secondary N) is 2. The Balaban J connectivity index is 1.70. The molecule has 5 heteroatoms. The summed E-state index contributed by atoms with van der Waals surface area (Å²) in [5.74, 6) is -0.301. The molecule has 3 rings (SSSR count). The van der Waals surface area contributed by atoms with E-state index in [0.29, 0.717) is 16.3 Å². The van der Waals surface area contributed by atoms with Gasteiger partial charge in [-0.2, -0.15) is 0 Å². The second-order valence-electron chi connectivity index (χ2n) is 4.88. The lowest BCUT2D eigenvalue weighted by molar-refractivity contribution is -0.116. The van der Waals surface area contributed by atoms with Crippen molar-refractivity contribution in [1.29, 1.82) is 0 Å². The molecule has 2 amide bonds. The van der Waals surface area contributed by atoms with Crippen molar-refractivity contribution < 1.29 is 9.59 Å². The smallest absolute Gasteiger partial charge is 0.252 e. The number of halogens is 1. The Morgan fingerprint density at radius 1 is 1.19 bits per heavy atom. The van der Waals surface area contributed by atoms with Gasteiger partial charge in [0.15, 0.2) is 0 Å². The zero-order chi connectivity index (χ0) is 14.8. The molecule has 1 heterocycles. The van der Waals surface area contributed by atoms with Crippen LogP contribution in [0.5, 0.6) is 0 Å². The third-order valence-corrected chi connectivity index (χ3v) is 3.62. The molecule has 0 radical (unpaired) electrons. The van der Waals surface area contributed by atoms with E-state index < -0.39 is 0 Å². The highest BCUT2D eigenvalue weighted by Crippen LogP contribution is 2.27. The molecular formula is C16H13ClN2O2. The van der Waals surface area contributed by atoms with E-state index in [1.807, 2.05) is 18.2 Å². The maximum atomic E-state index is 12.1. The van der Waals surface area contributed by atoms with Crippen molar-refractivity contribution >= 4 is 29.1 Å². The highest BCUT2D eigenvalue weighted by Gasteiger charge is 2.29. The van der Waals surface area contributed by atoms with Gasteiger partial charge in [0.25, 0.3) is 5.91 Å². The number of amides is 2. The minimum absolute atomic E-state index is 0.133. The zero-order valence-electron chi connectivity index (χ0n) is 11.1. The van der Waals surface area contributed by atoms with E-state index in [2.05, 4.69) is 10.6 Å². The number of carbonyl (C=O) groups excluding carboxylic acids is 2. The third-order valence-electron chi connectivity index (χ3n) is 3.38. The first-order valence-corrected chi connectivity index (χ1v) is 6.96. The van der Waals surface area contributed by atoms with Gasteiger partial charge in [0.1, 0.15) is 0 Å². The Kier molecular flexibility index (Phi) is 3.62. The molecule has 1 aliphatic heterocycles. The van der Waals surface area contributed by atoms with Crippen molar-refractivity contribution in [2.24, 2.45) is 0 Å². The Bertz CT molecular complexity index is 715. The highest BCUT2D eigenvalue weighted by atomic mass is 35.5. The monoisotopic (exact) mass is 300 g/mol. The van der Waals surface area contributed by atoms with E-state index in [0.717, 1.165) is 5.56 Å². The van der Waals surface area contributed by atoms with Gasteiger partial charge in [-0.3, -0.25) is 9.59 Å². The SMILES string of the molecule is O=C(C[C@@H]1NC(=O)c2ccccc21)Nc1cccc(Cl)c1. The van der Waals surface area contributed by atoms with E-state index in [1.165, 1.54) is 0 Å². The van der Waals surface area contributed by atoms with Crippen LogP contribution in [0, 0.1) is 0 Å². The molecule has 2 aromatic carbocycles. The van der Waals surface area contributed by atoms with Gasteiger partial charge in [0, 0.05) is 16.3 Å². The Morgan fingerprint density at radius 2 is 2.00 bits per heavy atom. The van der Waals surface area contributed by atoms with Gasteiger partial charge in [-0.1, -0.05) is 35.9 Å². The maximum absolute atomic E-state index is 12.1. The third kappa shape index (κ3) is 2.90. The number of fused-ring (bicyclic) bond motifs is 1. The number of rotatable bonds is 3. The minimum Gasteiger partial charge on any atom is -0.345 e. The Morgan fingerprint density at radius 3 is 2.81 bits per heavy atom. The van der Waals surface area contributed by atoms with Crippen molar-refractivity contribution in [1.82, 2.24) is 5.32 Å². The lowest BCUT2D eigenvalue weighted by atomic mass is 10.0. The minimum atomic E-state index is -0.284. The van der Waals surface area contributed by atoms with Gasteiger partial charge >= 0.3 is 0 Å². The van der Waals surface area contributed by atoms with E-state index in [1.54, 1.807) is 30.3 Å². The molecule has 0 unspecified atom stereocenters. The normalized spacial score (nSPS) is 16.2. The summed E-state index contributed by atoms with van der Waals surface area (Å²) in [4.78, 5) is 23.9. The molecule has 2 aromatic rings. The molecular weight excluding hydrogens is 288 g/mol. The van der Waals surface area contributed by atoms with Crippen molar-refractivity contribution in [2.75, 3.05) is 5.32 Å². The van der Waals surface area contributed by atoms with Gasteiger partial charge in [-0.15, -0.1) is 0 Å². The zero-order valence-corrected chi connectivity index (χ0v) is 11.9. The van der Waals surface area contributed by atoms with E-state index in [9.17, 15) is 9.59 Å². The predicted octanol–water partition coefficient (Wildman–Crippen LogP) is 3.15. The molecule has 0 saturated heterocycles. The van der Waals surface area contributed by atoms with Crippen molar-refractivity contribution in [3.05, 3.63) is 64.7 Å². The highest BCUT2D eigenvalue weighted by molar-refractivity contribution is 6.30. The van der Waals surface area contributed by atoms with Gasteiger partial charge in [-0.25, -0.2) is 0 Å². The van der Waals surface area contributed by atoms with Gasteiger partial charge in [0.05, 0.1) is 12.5 Å². The van der Waals surface area contributed by atoms with Crippen LogP contribution < -0.4 is 10.6 Å². The fourth-order valence-corrected chi connectivity index (χ4v) is 2.64. The van der Waals surface area contributed by atoms with Crippen molar-refractivity contribution in [3.63, 3.8) is 0 Å². The quantitative estimate of drug-likeness (QED) is 0.915. The first-order valence-electron chi connectivity index (χ1n) is 6.59. The summed E-state index contributed by atoms with van der Waals surface area (Å²) < 4.78 is 0. The molecule has 0 fully saturated rings. The number of hydrogen-bond acceptors (Lipinski definition) is 2. The fraction of sp³-hybridized carbons (Fsp3) is 0.125. The largest absolute Gasteiger partial charge is 0.345 e. The van der Waals surface area contributed by atoms with Crippen LogP contribution in [0.2, 0.25) is 5.02 Å². The molecule has 21 heavy (non-hydrogen) atoms. The van der Waals surface area contributed by atoms with E-state index in [-0.39, 0.29) is 24.3 Å². The molecule has 0 aromatic heterocycles. The average molecular weight is 301 g/mol. The lowest BCUT2D eigenvalue weighted by Gasteiger charge is -2.12. The van der Waals surface area contributed by atoms with Crippen LogP contribution in [0.1, 0.15) is 28.4 Å². The second kappa shape index (κ2) is 5.58. The number of anilines is 1. The Hall–Kier alpha value is -2.33. The molecule has 0 saturated carbocycles. The van der Waals surface area contributed by atoms with Crippen LogP contribution in [-0.2, 0) is 4.79 Å². The topological polar surface area (TPSA) is 58.2 Å². The van der Waals surface area contributed by atoms with Crippen LogP contribution in [-0.4, -0.2) is 11.8 Å². The lowest BCUT2D eigenvalue weighted by Crippen LogP contribution is -2.24. The van der Waals surface area contributed by atoms with E-state index in [4.69, 9.17) is 11.6 Å². The summed E-state index contributed by atoms with van der Waals surface area (Å²) in [5.41, 5.74) is 2.15. The fourth-order valence-electron chi connectivity index (χ4n) is 2.45. The maximum Gasteiger partial charge on any atom is 0.252 e. The molecule has 1 aliphatic rings. The summed E-state index contributed by atoms with van der Waals surface area (Å²) in [6.45, 7) is 0. The van der Waals surface area contributed by atoms with Gasteiger partial charge in [-0.05, 0) is 29.8 Å². The van der Waals surface area contributed by atoms with Crippen LogP contribution in [0.25, 0.3) is 0 Å². The van der Waals surface area contributed by atoms with E-state index >= 15 is 0 Å². The van der Waals surface area contributed by atoms with Crippen LogP contribution in [0.3, 0.4) is 0 Å². The number of benzene rings is 2. The summed E-state index contributed by atoms with van der Waals surface area (Å²) in [7, 11) is 0. The van der Waals surface area contributed by atoms with Crippen molar-refractivity contribution in [3.8, 4) is 0 Å². The van der Waals surface area contributed by atoms with Gasteiger partial charge < -0.3 is 10.6 Å². The summed E-state index contributed by atoms with van der Waals surface area (Å²) in [6.07, 6.45) is 0.190. The Labute approximate surface area is 127 Å².